The fourth-order valence-electron chi connectivity index (χ4n) is 5.72. The zero-order chi connectivity index (χ0) is 28.0. The van der Waals surface area contributed by atoms with Crippen LogP contribution in [0.25, 0.3) is 28.0 Å². The van der Waals surface area contributed by atoms with Gasteiger partial charge < -0.3 is 9.73 Å². The molecule has 0 saturated heterocycles. The first-order valence-electron chi connectivity index (χ1n) is 13.5. The largest absolute Gasteiger partial charge is 0.421 e. The van der Waals surface area contributed by atoms with Gasteiger partial charge in [0.15, 0.2) is 11.2 Å². The molecule has 10 nitrogen and oxygen atoms in total. The van der Waals surface area contributed by atoms with Crippen molar-refractivity contribution >= 4 is 39.8 Å². The minimum absolute atomic E-state index is 0.0584. The summed E-state index contributed by atoms with van der Waals surface area (Å²) in [6, 6.07) is 11.1. The molecule has 1 N–H and O–H groups in total. The molecule has 0 unspecified atom stereocenters. The molecule has 206 valence electrons. The maximum absolute atomic E-state index is 13.8. The lowest BCUT2D eigenvalue weighted by Gasteiger charge is -2.29. The fourth-order valence-corrected chi connectivity index (χ4v) is 5.88. The topological polar surface area (TPSA) is 117 Å². The van der Waals surface area contributed by atoms with Crippen LogP contribution in [0.1, 0.15) is 48.7 Å². The molecule has 1 aromatic carbocycles. The number of nitrogens with one attached hydrogen (secondary N) is 1. The molecular weight excluding hydrogens is 532 g/mol. The van der Waals surface area contributed by atoms with E-state index in [1.807, 2.05) is 35.8 Å². The Bertz CT molecular complexity index is 1860. The number of amides is 1. The highest BCUT2D eigenvalue weighted by Crippen LogP contribution is 2.28. The highest BCUT2D eigenvalue weighted by molar-refractivity contribution is 6.30. The molecule has 11 heteroatoms. The smallest absolute Gasteiger partial charge is 0.406 e. The van der Waals surface area contributed by atoms with Crippen molar-refractivity contribution in [3.8, 4) is 5.69 Å². The molecule has 4 aromatic heterocycles. The van der Waals surface area contributed by atoms with Crippen molar-refractivity contribution in [3.63, 3.8) is 0 Å². The number of halogens is 1. The van der Waals surface area contributed by atoms with Gasteiger partial charge in [0, 0.05) is 31.4 Å². The summed E-state index contributed by atoms with van der Waals surface area (Å²) < 4.78 is 10.3. The summed E-state index contributed by atoms with van der Waals surface area (Å²) in [6.45, 7) is 4.66. The summed E-state index contributed by atoms with van der Waals surface area (Å²) in [4.78, 5) is 47.4. The Morgan fingerprint density at radius 2 is 1.80 bits per heavy atom. The van der Waals surface area contributed by atoms with Crippen LogP contribution in [0.15, 0.2) is 62.8 Å². The number of fused-ring (bicyclic) bond motifs is 2. The van der Waals surface area contributed by atoms with Crippen molar-refractivity contribution in [3.05, 3.63) is 86.1 Å². The second-order valence-corrected chi connectivity index (χ2v) is 10.8. The fraction of sp³-hybridized carbons (Fsp3) is 0.345. The van der Waals surface area contributed by atoms with E-state index in [9.17, 15) is 14.4 Å². The van der Waals surface area contributed by atoms with Gasteiger partial charge in [0.2, 0.25) is 0 Å². The number of aryl methyl sites for hydroxylation is 2. The zero-order valence-electron chi connectivity index (χ0n) is 22.3. The van der Waals surface area contributed by atoms with E-state index >= 15 is 0 Å². The van der Waals surface area contributed by atoms with Gasteiger partial charge in [0.25, 0.3) is 5.91 Å². The number of oxazole rings is 1. The van der Waals surface area contributed by atoms with Crippen LogP contribution in [-0.2, 0) is 13.1 Å². The Balaban J connectivity index is 1.22. The summed E-state index contributed by atoms with van der Waals surface area (Å²) in [7, 11) is 0. The number of carbonyl (C=O) groups is 1. The summed E-state index contributed by atoms with van der Waals surface area (Å²) in [5.41, 5.74) is 3.91. The second kappa shape index (κ2) is 10.4. The third-order valence-corrected chi connectivity index (χ3v) is 8.03. The van der Waals surface area contributed by atoms with Crippen LogP contribution in [0.4, 0.5) is 0 Å². The van der Waals surface area contributed by atoms with Crippen LogP contribution in [0.5, 0.6) is 0 Å². The van der Waals surface area contributed by atoms with Crippen LogP contribution in [-0.4, -0.2) is 35.6 Å². The van der Waals surface area contributed by atoms with Crippen molar-refractivity contribution in [2.45, 2.75) is 58.7 Å². The van der Waals surface area contributed by atoms with Crippen molar-refractivity contribution in [1.82, 2.24) is 29.0 Å². The van der Waals surface area contributed by atoms with Gasteiger partial charge in [-0.05, 0) is 63.6 Å². The SMILES string of the molecule is CCn1c(=O)oc2cc(-n3c(=O)n(CC4CCC(NC(=O)c5cc(Cl)cnc5C)CC4)c4ccccc43)cnc21. The van der Waals surface area contributed by atoms with Crippen molar-refractivity contribution in [2.75, 3.05) is 0 Å². The Labute approximate surface area is 234 Å². The molecule has 0 radical (unpaired) electrons. The normalized spacial score (nSPS) is 17.5. The maximum atomic E-state index is 13.8. The van der Waals surface area contributed by atoms with Gasteiger partial charge in [0.1, 0.15) is 0 Å². The van der Waals surface area contributed by atoms with E-state index in [0.29, 0.717) is 46.3 Å². The summed E-state index contributed by atoms with van der Waals surface area (Å²) in [6.07, 6.45) is 6.55. The van der Waals surface area contributed by atoms with E-state index in [2.05, 4.69) is 15.3 Å². The maximum Gasteiger partial charge on any atom is 0.421 e. The summed E-state index contributed by atoms with van der Waals surface area (Å²) in [5.74, 6) is -0.342. The predicted octanol–water partition coefficient (Wildman–Crippen LogP) is 4.46. The van der Waals surface area contributed by atoms with Gasteiger partial charge in [-0.3, -0.25) is 23.5 Å². The third kappa shape index (κ3) is 4.62. The van der Waals surface area contributed by atoms with Gasteiger partial charge >= 0.3 is 11.4 Å². The van der Waals surface area contributed by atoms with Gasteiger partial charge in [-0.15, -0.1) is 0 Å². The first-order chi connectivity index (χ1) is 19.3. The minimum atomic E-state index is -0.469. The van der Waals surface area contributed by atoms with E-state index < -0.39 is 5.76 Å². The lowest BCUT2D eigenvalue weighted by molar-refractivity contribution is 0.0919. The van der Waals surface area contributed by atoms with E-state index in [4.69, 9.17) is 16.0 Å². The number of carbonyl (C=O) groups excluding carboxylic acids is 1. The van der Waals surface area contributed by atoms with Crippen LogP contribution < -0.4 is 16.8 Å². The van der Waals surface area contributed by atoms with Crippen molar-refractivity contribution in [1.29, 1.82) is 0 Å². The van der Waals surface area contributed by atoms with Crippen LogP contribution in [0.3, 0.4) is 0 Å². The number of pyridine rings is 2. The second-order valence-electron chi connectivity index (χ2n) is 10.3. The number of para-hydroxylation sites is 2. The molecule has 1 aliphatic carbocycles. The molecule has 4 heterocycles. The lowest BCUT2D eigenvalue weighted by Crippen LogP contribution is -2.39. The number of hydrogen-bond acceptors (Lipinski definition) is 6. The highest BCUT2D eigenvalue weighted by Gasteiger charge is 2.26. The number of benzene rings is 1. The van der Waals surface area contributed by atoms with E-state index in [1.165, 1.54) is 10.8 Å². The Hall–Kier alpha value is -4.18. The van der Waals surface area contributed by atoms with Crippen molar-refractivity contribution in [2.24, 2.45) is 5.92 Å². The van der Waals surface area contributed by atoms with Crippen LogP contribution in [0, 0.1) is 12.8 Å². The average molecular weight is 561 g/mol. The predicted molar refractivity (Wildman–Crippen MR) is 152 cm³/mol. The lowest BCUT2D eigenvalue weighted by atomic mass is 9.85. The molecule has 0 atom stereocenters. The number of hydrogen-bond donors (Lipinski definition) is 1. The summed E-state index contributed by atoms with van der Waals surface area (Å²) >= 11 is 6.04. The first-order valence-corrected chi connectivity index (χ1v) is 13.8. The molecule has 1 aliphatic rings. The Kier molecular flexibility index (Phi) is 6.79. The van der Waals surface area contributed by atoms with E-state index in [1.54, 1.807) is 29.8 Å². The molecule has 5 aromatic rings. The number of imidazole rings is 1. The monoisotopic (exact) mass is 560 g/mol. The number of nitrogens with zero attached hydrogens (tertiary/aromatic N) is 5. The quantitative estimate of drug-likeness (QED) is 0.328. The van der Waals surface area contributed by atoms with Gasteiger partial charge in [-0.25, -0.2) is 14.6 Å². The molecular formula is C29H29ClN6O4. The molecule has 40 heavy (non-hydrogen) atoms. The third-order valence-electron chi connectivity index (χ3n) is 7.82. The minimum Gasteiger partial charge on any atom is -0.406 e. The molecule has 6 rings (SSSR count). The average Bonchev–Trinajstić information content (AvgIpc) is 3.42. The molecule has 0 aliphatic heterocycles. The molecule has 1 amide bonds. The number of aromatic nitrogens is 5. The molecule has 1 saturated carbocycles. The Morgan fingerprint density at radius 1 is 1.05 bits per heavy atom. The number of rotatable bonds is 6. The molecule has 1 fully saturated rings. The molecule has 0 spiro atoms. The zero-order valence-corrected chi connectivity index (χ0v) is 23.0. The van der Waals surface area contributed by atoms with Crippen molar-refractivity contribution < 1.29 is 9.21 Å². The van der Waals surface area contributed by atoms with Gasteiger partial charge in [-0.1, -0.05) is 23.7 Å². The van der Waals surface area contributed by atoms with E-state index in [0.717, 1.165) is 36.7 Å². The van der Waals surface area contributed by atoms with E-state index in [-0.39, 0.29) is 23.6 Å². The van der Waals surface area contributed by atoms with Crippen LogP contribution in [0.2, 0.25) is 5.02 Å². The highest BCUT2D eigenvalue weighted by atomic mass is 35.5. The first kappa shape index (κ1) is 26.1. The standard InChI is InChI=1S/C29H29ClN6O4/c1-3-34-26-25(40-29(34)39)13-21(15-32-26)36-24-7-5-4-6-23(24)35(28(36)38)16-18-8-10-20(11-9-18)33-27(37)22-12-19(30)14-31-17(22)2/h4-7,12-15,18,20H,3,8-11,16H2,1-2H3,(H,33,37). The van der Waals surface area contributed by atoms with Crippen LogP contribution >= 0.6 is 11.6 Å². The van der Waals surface area contributed by atoms with Gasteiger partial charge in [-0.2, -0.15) is 0 Å². The Morgan fingerprint density at radius 3 is 2.55 bits per heavy atom. The molecule has 0 bridgehead atoms. The van der Waals surface area contributed by atoms with Gasteiger partial charge in [0.05, 0.1) is 39.2 Å². The summed E-state index contributed by atoms with van der Waals surface area (Å²) in [5, 5.41) is 3.56.